The van der Waals surface area contributed by atoms with Gasteiger partial charge in [-0.05, 0) is 49.8 Å². The van der Waals surface area contributed by atoms with Crippen molar-refractivity contribution in [1.29, 1.82) is 0 Å². The number of anilines is 1. The maximum absolute atomic E-state index is 14.0. The summed E-state index contributed by atoms with van der Waals surface area (Å²) in [4.78, 5) is 25.5. The van der Waals surface area contributed by atoms with Gasteiger partial charge in [-0.3, -0.25) is 4.79 Å². The van der Waals surface area contributed by atoms with Gasteiger partial charge in [0.2, 0.25) is 0 Å². The van der Waals surface area contributed by atoms with Crippen LogP contribution in [0.2, 0.25) is 0 Å². The van der Waals surface area contributed by atoms with Gasteiger partial charge in [-0.15, -0.1) is 0 Å². The molecule has 0 saturated heterocycles. The van der Waals surface area contributed by atoms with E-state index in [4.69, 9.17) is 9.47 Å². The summed E-state index contributed by atoms with van der Waals surface area (Å²) in [6.45, 7) is 3.77. The Morgan fingerprint density at radius 1 is 1.00 bits per heavy atom. The van der Waals surface area contributed by atoms with Crippen molar-refractivity contribution in [3.05, 3.63) is 88.4 Å². The molecule has 2 aromatic rings. The Balaban J connectivity index is 2.21. The van der Waals surface area contributed by atoms with Crippen LogP contribution in [0.3, 0.4) is 0 Å². The average molecular weight is 409 g/mol. The Kier molecular flexibility index (Phi) is 6.35. The zero-order chi connectivity index (χ0) is 21.8. The van der Waals surface area contributed by atoms with E-state index in [0.29, 0.717) is 16.8 Å². The number of benzene rings is 2. The fraction of sp³-hybridized carbons (Fsp3) is 0.250. The minimum absolute atomic E-state index is 0.240. The Bertz CT molecular complexity index is 1020. The number of esters is 2. The van der Waals surface area contributed by atoms with Gasteiger partial charge in [0.15, 0.2) is 0 Å². The molecule has 0 heterocycles. The van der Waals surface area contributed by atoms with Crippen molar-refractivity contribution in [2.45, 2.75) is 19.8 Å². The van der Waals surface area contributed by atoms with Crippen molar-refractivity contribution < 1.29 is 23.5 Å². The molecule has 1 N–H and O–H groups in total. The topological polar surface area (TPSA) is 64.6 Å². The molecule has 0 bridgehead atoms. The van der Waals surface area contributed by atoms with Crippen molar-refractivity contribution >= 4 is 17.6 Å². The van der Waals surface area contributed by atoms with Gasteiger partial charge in [0.25, 0.3) is 0 Å². The van der Waals surface area contributed by atoms with E-state index in [2.05, 4.69) is 5.32 Å². The Morgan fingerprint density at radius 2 is 1.70 bits per heavy atom. The highest BCUT2D eigenvalue weighted by molar-refractivity contribution is 5.95. The SMILES string of the molecule is COC(=O)C1=C(Nc2ccc(C)cc2)C=C(C)[C@@H](C(=O)OC)[C@H]1c1cccc(F)c1. The number of hydrogen-bond donors (Lipinski definition) is 1. The first-order valence-electron chi connectivity index (χ1n) is 9.53. The van der Waals surface area contributed by atoms with E-state index in [1.165, 1.54) is 26.4 Å². The molecule has 2 atom stereocenters. The number of allylic oxidation sites excluding steroid dienone is 1. The smallest absolute Gasteiger partial charge is 0.336 e. The highest BCUT2D eigenvalue weighted by Crippen LogP contribution is 2.43. The third kappa shape index (κ3) is 4.27. The third-order valence-electron chi connectivity index (χ3n) is 5.20. The first-order valence-corrected chi connectivity index (χ1v) is 9.53. The van der Waals surface area contributed by atoms with Crippen LogP contribution in [0.4, 0.5) is 10.1 Å². The Hall–Kier alpha value is -3.41. The van der Waals surface area contributed by atoms with Gasteiger partial charge in [0, 0.05) is 17.3 Å². The second-order valence-electron chi connectivity index (χ2n) is 7.23. The zero-order valence-electron chi connectivity index (χ0n) is 17.4. The molecule has 0 saturated carbocycles. The van der Waals surface area contributed by atoms with E-state index in [9.17, 15) is 14.0 Å². The zero-order valence-corrected chi connectivity index (χ0v) is 17.4. The van der Waals surface area contributed by atoms with Gasteiger partial charge in [-0.25, -0.2) is 9.18 Å². The first-order chi connectivity index (χ1) is 14.3. The Labute approximate surface area is 175 Å². The summed E-state index contributed by atoms with van der Waals surface area (Å²) in [6.07, 6.45) is 1.74. The molecule has 0 unspecified atom stereocenters. The summed E-state index contributed by atoms with van der Waals surface area (Å²) in [5.74, 6) is -3.11. The van der Waals surface area contributed by atoms with Crippen molar-refractivity contribution in [3.63, 3.8) is 0 Å². The maximum Gasteiger partial charge on any atom is 0.336 e. The molecule has 0 amide bonds. The summed E-state index contributed by atoms with van der Waals surface area (Å²) in [7, 11) is 2.57. The molecule has 6 heteroatoms. The molecule has 1 aliphatic rings. The number of carbonyl (C=O) groups excluding carboxylic acids is 2. The molecule has 5 nitrogen and oxygen atoms in total. The van der Waals surface area contributed by atoms with E-state index >= 15 is 0 Å². The highest BCUT2D eigenvalue weighted by Gasteiger charge is 2.42. The molecule has 0 fully saturated rings. The van der Waals surface area contributed by atoms with Gasteiger partial charge < -0.3 is 14.8 Å². The first kappa shape index (κ1) is 21.3. The Morgan fingerprint density at radius 3 is 2.30 bits per heavy atom. The summed E-state index contributed by atoms with van der Waals surface area (Å²) < 4.78 is 24.1. The lowest BCUT2D eigenvalue weighted by Crippen LogP contribution is -2.33. The van der Waals surface area contributed by atoms with E-state index in [1.807, 2.05) is 31.2 Å². The van der Waals surface area contributed by atoms with E-state index in [1.54, 1.807) is 25.1 Å². The van der Waals surface area contributed by atoms with E-state index < -0.39 is 29.6 Å². The van der Waals surface area contributed by atoms with Crippen LogP contribution in [0.15, 0.2) is 71.5 Å². The van der Waals surface area contributed by atoms with Gasteiger partial charge in [-0.1, -0.05) is 35.4 Å². The van der Waals surface area contributed by atoms with Crippen molar-refractivity contribution in [2.75, 3.05) is 19.5 Å². The van der Waals surface area contributed by atoms with Crippen LogP contribution in [0.5, 0.6) is 0 Å². The number of ether oxygens (including phenoxy) is 2. The highest BCUT2D eigenvalue weighted by atomic mass is 19.1. The van der Waals surface area contributed by atoms with E-state index in [-0.39, 0.29) is 5.57 Å². The maximum atomic E-state index is 14.0. The molecule has 2 aromatic carbocycles. The van der Waals surface area contributed by atoms with Crippen LogP contribution in [-0.2, 0) is 19.1 Å². The monoisotopic (exact) mass is 409 g/mol. The second-order valence-corrected chi connectivity index (χ2v) is 7.23. The lowest BCUT2D eigenvalue weighted by molar-refractivity contribution is -0.144. The van der Waals surface area contributed by atoms with Crippen LogP contribution >= 0.6 is 0 Å². The molecule has 0 aromatic heterocycles. The molecular weight excluding hydrogens is 385 g/mol. The standard InChI is InChI=1S/C24H24FNO4/c1-14-8-10-18(11-9-14)26-19-12-15(2)20(23(27)29-3)21(22(19)24(28)30-4)16-6-5-7-17(25)13-16/h5-13,20-21,26H,1-4H3/t20-,21-/m1/s1. The number of nitrogens with one attached hydrogen (secondary N) is 1. The lowest BCUT2D eigenvalue weighted by atomic mass is 9.72. The van der Waals surface area contributed by atoms with Crippen molar-refractivity contribution in [2.24, 2.45) is 5.92 Å². The van der Waals surface area contributed by atoms with Gasteiger partial charge in [0.05, 0.1) is 25.7 Å². The normalized spacial score (nSPS) is 18.5. The number of hydrogen-bond acceptors (Lipinski definition) is 5. The van der Waals surface area contributed by atoms with E-state index in [0.717, 1.165) is 11.3 Å². The van der Waals surface area contributed by atoms with Crippen molar-refractivity contribution in [1.82, 2.24) is 0 Å². The predicted octanol–water partition coefficient (Wildman–Crippen LogP) is 4.51. The van der Waals surface area contributed by atoms with Crippen LogP contribution in [0, 0.1) is 18.7 Å². The van der Waals surface area contributed by atoms with Crippen molar-refractivity contribution in [3.8, 4) is 0 Å². The summed E-state index contributed by atoms with van der Waals surface area (Å²) >= 11 is 0. The quantitative estimate of drug-likeness (QED) is 0.737. The molecule has 1 aliphatic carbocycles. The number of halogens is 1. The summed E-state index contributed by atoms with van der Waals surface area (Å²) in [5.41, 5.74) is 3.79. The molecule has 3 rings (SSSR count). The van der Waals surface area contributed by atoms with Crippen LogP contribution < -0.4 is 5.32 Å². The average Bonchev–Trinajstić information content (AvgIpc) is 2.74. The lowest BCUT2D eigenvalue weighted by Gasteiger charge is -2.33. The van der Waals surface area contributed by atoms with Gasteiger partial charge in [-0.2, -0.15) is 0 Å². The third-order valence-corrected chi connectivity index (χ3v) is 5.20. The molecule has 30 heavy (non-hydrogen) atoms. The molecule has 0 aliphatic heterocycles. The van der Waals surface area contributed by atoms with Crippen LogP contribution in [0.1, 0.15) is 24.0 Å². The second kappa shape index (κ2) is 8.95. The van der Waals surface area contributed by atoms with Crippen LogP contribution in [0.25, 0.3) is 0 Å². The largest absolute Gasteiger partial charge is 0.469 e. The minimum atomic E-state index is -0.783. The predicted molar refractivity (Wildman–Crippen MR) is 112 cm³/mol. The molecule has 0 spiro atoms. The summed E-state index contributed by atoms with van der Waals surface area (Å²) in [6, 6.07) is 13.6. The van der Waals surface area contributed by atoms with Crippen LogP contribution in [-0.4, -0.2) is 26.2 Å². The number of methoxy groups -OCH3 is 2. The van der Waals surface area contributed by atoms with Gasteiger partial charge >= 0.3 is 11.9 Å². The summed E-state index contributed by atoms with van der Waals surface area (Å²) in [5, 5.41) is 3.25. The molecule has 156 valence electrons. The number of rotatable bonds is 5. The number of carbonyl (C=O) groups is 2. The van der Waals surface area contributed by atoms with Gasteiger partial charge in [0.1, 0.15) is 5.82 Å². The minimum Gasteiger partial charge on any atom is -0.469 e. The fourth-order valence-electron chi connectivity index (χ4n) is 3.74. The number of aryl methyl sites for hydroxylation is 1. The molecular formula is C24H24FNO4. The fourth-order valence-corrected chi connectivity index (χ4v) is 3.74. The molecule has 0 radical (unpaired) electrons.